The van der Waals surface area contributed by atoms with Gasteiger partial charge in [0.25, 0.3) is 0 Å². The van der Waals surface area contributed by atoms with Gasteiger partial charge in [-0.1, -0.05) is 188 Å². The van der Waals surface area contributed by atoms with E-state index < -0.39 is 0 Å². The number of para-hydroxylation sites is 5. The van der Waals surface area contributed by atoms with Crippen LogP contribution in [-0.2, 0) is 6.42 Å². The maximum atomic E-state index is 6.51. The molecular formula is C71H42BrN7O2. The predicted octanol–water partition coefficient (Wildman–Crippen LogP) is 18.6. The van der Waals surface area contributed by atoms with E-state index in [0.29, 0.717) is 10.7 Å². The molecule has 0 aliphatic heterocycles. The van der Waals surface area contributed by atoms with Crippen molar-refractivity contribution in [1.82, 2.24) is 34.5 Å². The van der Waals surface area contributed by atoms with Crippen molar-refractivity contribution >= 4 is 125 Å². The lowest BCUT2D eigenvalue weighted by Crippen LogP contribution is -2.03. The first-order valence-electron chi connectivity index (χ1n) is 26.8. The fraction of sp³-hybridized carbons (Fsp3) is 0.0141. The lowest BCUT2D eigenvalue weighted by atomic mass is 9.96. The Bertz CT molecular complexity index is 5360. The van der Waals surface area contributed by atoms with E-state index in [1.165, 1.54) is 38.4 Å². The lowest BCUT2D eigenvalue weighted by molar-refractivity contribution is 0.671. The number of fused-ring (bicyclic) bond motifs is 22. The summed E-state index contributed by atoms with van der Waals surface area (Å²) in [5.41, 5.74) is 18.6. The minimum Gasteiger partial charge on any atom is -0.454 e. The summed E-state index contributed by atoms with van der Waals surface area (Å²) < 4.78 is 15.6. The van der Waals surface area contributed by atoms with Gasteiger partial charge >= 0.3 is 0 Å². The van der Waals surface area contributed by atoms with E-state index in [9.17, 15) is 0 Å². The second kappa shape index (κ2) is 18.9. The van der Waals surface area contributed by atoms with Crippen LogP contribution in [-0.4, -0.2) is 34.5 Å². The molecule has 7 aromatic heterocycles. The molecule has 0 bridgehead atoms. The molecule has 10 heteroatoms. The quantitative estimate of drug-likeness (QED) is 0.161. The molecule has 9 nitrogen and oxygen atoms in total. The highest BCUT2D eigenvalue weighted by molar-refractivity contribution is 9.10. The molecule has 0 saturated carbocycles. The summed E-state index contributed by atoms with van der Waals surface area (Å²) >= 11 is 3.36. The van der Waals surface area contributed by atoms with Crippen LogP contribution in [0.1, 0.15) is 11.1 Å². The summed E-state index contributed by atoms with van der Waals surface area (Å²) in [6.07, 6.45) is 4.64. The molecule has 17 aromatic rings. The van der Waals surface area contributed by atoms with E-state index in [0.717, 1.165) is 122 Å². The van der Waals surface area contributed by atoms with Crippen molar-refractivity contribution in [2.75, 3.05) is 0 Å². The van der Waals surface area contributed by atoms with Crippen LogP contribution < -0.4 is 0 Å². The minimum atomic E-state index is 0.620. The first-order chi connectivity index (χ1) is 40.1. The zero-order valence-electron chi connectivity index (χ0n) is 43.1. The van der Waals surface area contributed by atoms with Gasteiger partial charge in [0.1, 0.15) is 22.2 Å². The number of furan rings is 2. The molecule has 0 fully saturated rings. The van der Waals surface area contributed by atoms with Crippen molar-refractivity contribution < 1.29 is 8.83 Å². The smallest absolute Gasteiger partial charge is 0.235 e. The van der Waals surface area contributed by atoms with Gasteiger partial charge in [-0.2, -0.15) is 0 Å². The molecule has 1 aliphatic rings. The zero-order chi connectivity index (χ0) is 53.5. The topological polar surface area (TPSA) is 109 Å². The van der Waals surface area contributed by atoms with Crippen molar-refractivity contribution in [2.45, 2.75) is 6.42 Å². The number of nitrogens with zero attached hydrogens (tertiary/aromatic N) is 7. The second-order valence-corrected chi connectivity index (χ2v) is 20.9. The van der Waals surface area contributed by atoms with E-state index in [4.69, 9.17) is 23.8 Å². The third kappa shape index (κ3) is 7.52. The summed E-state index contributed by atoms with van der Waals surface area (Å²) in [6.45, 7) is 0. The zero-order valence-corrected chi connectivity index (χ0v) is 44.7. The van der Waals surface area contributed by atoms with Crippen LogP contribution in [0.25, 0.3) is 149 Å². The van der Waals surface area contributed by atoms with Gasteiger partial charge in [0, 0.05) is 72.0 Å². The molecule has 0 radical (unpaired) electrons. The van der Waals surface area contributed by atoms with Crippen molar-refractivity contribution in [1.29, 1.82) is 0 Å². The van der Waals surface area contributed by atoms with E-state index in [2.05, 4.69) is 157 Å². The van der Waals surface area contributed by atoms with Gasteiger partial charge < -0.3 is 8.83 Å². The molecular weight excluding hydrogens is 1060 g/mol. The van der Waals surface area contributed by atoms with Crippen molar-refractivity contribution in [3.8, 4) is 39.6 Å². The maximum absolute atomic E-state index is 6.51. The molecule has 380 valence electrons. The lowest BCUT2D eigenvalue weighted by Gasteiger charge is -2.12. The predicted molar refractivity (Wildman–Crippen MR) is 332 cm³/mol. The fourth-order valence-corrected chi connectivity index (χ4v) is 12.6. The third-order valence-corrected chi connectivity index (χ3v) is 16.0. The summed E-state index contributed by atoms with van der Waals surface area (Å²) in [7, 11) is 0. The Balaban J connectivity index is 0.000000112. The molecule has 81 heavy (non-hydrogen) atoms. The number of aromatic nitrogens is 7. The molecule has 7 heterocycles. The summed E-state index contributed by atoms with van der Waals surface area (Å²) in [5, 5.41) is 11.0. The minimum absolute atomic E-state index is 0.620. The van der Waals surface area contributed by atoms with Crippen LogP contribution in [0.4, 0.5) is 0 Å². The highest BCUT2D eigenvalue weighted by Gasteiger charge is 2.28. The van der Waals surface area contributed by atoms with Crippen LogP contribution in [0.5, 0.6) is 0 Å². The van der Waals surface area contributed by atoms with Crippen LogP contribution in [0, 0.1) is 0 Å². The van der Waals surface area contributed by atoms with Crippen molar-refractivity contribution in [3.05, 3.63) is 259 Å². The van der Waals surface area contributed by atoms with Gasteiger partial charge in [0.05, 0.1) is 38.8 Å². The van der Waals surface area contributed by atoms with Gasteiger partial charge in [0.2, 0.25) is 5.95 Å². The fourth-order valence-electron chi connectivity index (χ4n) is 12.2. The number of hydrogen-bond acceptors (Lipinski definition) is 8. The Hall–Kier alpha value is -10.4. The van der Waals surface area contributed by atoms with Crippen molar-refractivity contribution in [3.63, 3.8) is 0 Å². The van der Waals surface area contributed by atoms with Gasteiger partial charge in [-0.05, 0) is 87.1 Å². The molecule has 10 aromatic carbocycles. The molecule has 0 N–H and O–H groups in total. The van der Waals surface area contributed by atoms with E-state index >= 15 is 0 Å². The number of rotatable bonds is 3. The number of hydrogen-bond donors (Lipinski definition) is 0. The summed E-state index contributed by atoms with van der Waals surface area (Å²) in [4.78, 5) is 28.7. The van der Waals surface area contributed by atoms with Crippen molar-refractivity contribution in [2.24, 2.45) is 0 Å². The second-order valence-electron chi connectivity index (χ2n) is 20.1. The molecule has 0 unspecified atom stereocenters. The average molecular weight is 1110 g/mol. The standard InChI is InChI=1S/C35H20N4O.C22H13NO.C14H9BrN2/c1-2-11-21(12-3-1)31-22-13-4-7-17-26(22)37-35(38-31)39-27-18-8-5-14-23(27)29-25-16-10-20-36-32(25)34-30(33(29)39)24-15-6-9-19-28(24)40-34;1-2-7-14-13(6-1)12-17-19(14)16-9-5-11-23-21(16)22-20(17)15-8-3-4-10-18(15)24-22;15-14-16-12-9-5-4-8-11(12)13(17-14)10-6-2-1-3-7-10/h1-20H;1-11H,12H2;1-9H. The van der Waals surface area contributed by atoms with Gasteiger partial charge in [-0.25, -0.2) is 19.9 Å². The number of pyridine rings is 2. The molecule has 1 aliphatic carbocycles. The van der Waals surface area contributed by atoms with Crippen LogP contribution in [0.3, 0.4) is 0 Å². The molecule has 0 amide bonds. The van der Waals surface area contributed by atoms with Crippen LogP contribution in [0.15, 0.2) is 256 Å². The van der Waals surface area contributed by atoms with E-state index in [1.807, 2.05) is 122 Å². The Labute approximate surface area is 470 Å². The normalized spacial score (nSPS) is 12.0. The highest BCUT2D eigenvalue weighted by Crippen LogP contribution is 2.49. The SMILES string of the molecule is Brc1nc(-c2ccccc2)c2ccccc2n1.c1ccc(-c2nc(-n3c4ccccc4c4c5cccnc5c5oc6ccccc6c5c43)nc3ccccc23)cc1.c1ccc2c(c1)Cc1c-2c2cccnc2c2oc3ccccc3c12. The number of benzene rings is 10. The maximum Gasteiger partial charge on any atom is 0.235 e. The Kier molecular flexibility index (Phi) is 10.9. The van der Waals surface area contributed by atoms with Gasteiger partial charge in [0.15, 0.2) is 15.9 Å². The summed E-state index contributed by atoms with van der Waals surface area (Å²) in [5.74, 6) is 0.624. The third-order valence-electron chi connectivity index (χ3n) is 15.6. The highest BCUT2D eigenvalue weighted by atomic mass is 79.9. The van der Waals surface area contributed by atoms with E-state index in [-0.39, 0.29) is 0 Å². The van der Waals surface area contributed by atoms with Crippen LogP contribution in [0.2, 0.25) is 0 Å². The van der Waals surface area contributed by atoms with Gasteiger partial charge in [-0.15, -0.1) is 0 Å². The number of halogens is 1. The Morgan fingerprint density at radius 1 is 0.395 bits per heavy atom. The molecule has 0 spiro atoms. The monoisotopic (exact) mass is 1100 g/mol. The molecule has 0 saturated heterocycles. The molecule has 18 rings (SSSR count). The largest absolute Gasteiger partial charge is 0.454 e. The Morgan fingerprint density at radius 3 is 1.59 bits per heavy atom. The van der Waals surface area contributed by atoms with Crippen LogP contribution >= 0.6 is 15.9 Å². The van der Waals surface area contributed by atoms with E-state index in [1.54, 1.807) is 0 Å². The summed E-state index contributed by atoms with van der Waals surface area (Å²) in [6, 6.07) is 78.7. The first kappa shape index (κ1) is 46.7. The van der Waals surface area contributed by atoms with Gasteiger partial charge in [-0.3, -0.25) is 14.5 Å². The average Bonchev–Trinajstić information content (AvgIpc) is 2.43. The molecule has 0 atom stereocenters. The first-order valence-corrected chi connectivity index (χ1v) is 27.6. The Morgan fingerprint density at radius 2 is 0.901 bits per heavy atom.